The van der Waals surface area contributed by atoms with E-state index in [1.807, 2.05) is 0 Å². The van der Waals surface area contributed by atoms with Crippen LogP contribution in [0.5, 0.6) is 0 Å². The number of rotatable bonds is 1. The van der Waals surface area contributed by atoms with Crippen molar-refractivity contribution < 1.29 is 13.0 Å². The van der Waals surface area contributed by atoms with E-state index in [0.717, 1.165) is 0 Å². The molecule has 1 aromatic rings. The van der Waals surface area contributed by atoms with Crippen LogP contribution in [-0.2, 0) is 10.1 Å². The highest BCUT2D eigenvalue weighted by Crippen LogP contribution is 2.88. The Kier molecular flexibility index (Phi) is 6.13. The zero-order valence-corrected chi connectivity index (χ0v) is 27.6. The second kappa shape index (κ2) is 7.78. The molecule has 0 unspecified atom stereocenters. The van der Waals surface area contributed by atoms with Crippen LogP contribution in [0, 0.1) is 18.8 Å². The van der Waals surface area contributed by atoms with E-state index in [4.69, 9.17) is 139 Å². The van der Waals surface area contributed by atoms with Gasteiger partial charge in [0.2, 0.25) is 0 Å². The van der Waals surface area contributed by atoms with E-state index in [2.05, 4.69) is 0 Å². The normalized spacial score (nSPS) is 46.4. The summed E-state index contributed by atoms with van der Waals surface area (Å²) in [6.45, 7) is 1.49. The summed E-state index contributed by atoms with van der Waals surface area (Å²) in [6, 6.07) is 2.78. The molecule has 1 N–H and O–H groups in total. The van der Waals surface area contributed by atoms with E-state index < -0.39 is 62.0 Å². The lowest BCUT2D eigenvalue weighted by Crippen LogP contribution is -2.53. The minimum Gasteiger partial charge on any atom is -0.282 e. The Bertz CT molecular complexity index is 1520. The Morgan fingerprint density at radius 2 is 0.973 bits per heavy atom. The van der Waals surface area contributed by atoms with Gasteiger partial charge in [-0.2, -0.15) is 8.42 Å². The molecule has 0 aromatic heterocycles. The first-order valence-corrected chi connectivity index (χ1v) is 16.4. The number of benzene rings is 1. The van der Waals surface area contributed by atoms with Crippen LogP contribution in [0.1, 0.15) is 28.5 Å². The summed E-state index contributed by atoms with van der Waals surface area (Å²) >= 11 is 83.3. The maximum Gasteiger partial charge on any atom is 0.294 e. The van der Waals surface area contributed by atoms with Crippen molar-refractivity contribution in [1.82, 2.24) is 0 Å². The molecule has 0 aliphatic heterocycles. The maximum absolute atomic E-state index is 12.3. The molecule has 2 fully saturated rings. The molecule has 2 saturated carbocycles. The fraction of sp³-hybridized carbons (Fsp3) is 0.524. The minimum atomic E-state index is -4.68. The van der Waals surface area contributed by atoms with Gasteiger partial charge < -0.3 is 0 Å². The molecule has 0 radical (unpaired) electrons. The van der Waals surface area contributed by atoms with Crippen molar-refractivity contribution in [2.75, 3.05) is 0 Å². The third-order valence-corrected chi connectivity index (χ3v) is 18.2. The van der Waals surface area contributed by atoms with Crippen molar-refractivity contribution >= 4 is 149 Å². The van der Waals surface area contributed by atoms with E-state index in [9.17, 15) is 13.0 Å². The van der Waals surface area contributed by atoms with Crippen LogP contribution in [0.3, 0.4) is 0 Å². The predicted molar refractivity (Wildman–Crippen MR) is 154 cm³/mol. The zero-order chi connectivity index (χ0) is 27.8. The van der Waals surface area contributed by atoms with Crippen LogP contribution in [0.15, 0.2) is 37.2 Å². The van der Waals surface area contributed by atoms with Gasteiger partial charge >= 0.3 is 0 Å². The largest absolute Gasteiger partial charge is 0.294 e. The van der Waals surface area contributed by atoms with Gasteiger partial charge in [0.15, 0.2) is 8.67 Å². The summed E-state index contributed by atoms with van der Waals surface area (Å²) in [5, 5.41) is -0.397. The molecular formula is C21H10Cl12O3S. The van der Waals surface area contributed by atoms with Crippen molar-refractivity contribution in [2.45, 2.75) is 51.8 Å². The molecular weight excluding hydrogens is 758 g/mol. The van der Waals surface area contributed by atoms with Gasteiger partial charge in [0, 0.05) is 23.7 Å². The molecule has 202 valence electrons. The van der Waals surface area contributed by atoms with Crippen molar-refractivity contribution in [1.29, 1.82) is 0 Å². The number of aryl methyl sites for hydroxylation is 1. The highest BCUT2D eigenvalue weighted by atomic mass is 35.5. The lowest BCUT2D eigenvalue weighted by Gasteiger charge is -2.52. The Balaban J connectivity index is 1.82. The molecule has 0 heterocycles. The summed E-state index contributed by atoms with van der Waals surface area (Å²) in [4.78, 5) is -7.71. The molecule has 4 bridgehead atoms. The van der Waals surface area contributed by atoms with Gasteiger partial charge in [-0.05, 0) is 29.7 Å². The van der Waals surface area contributed by atoms with Gasteiger partial charge in [0.05, 0.1) is 25.0 Å². The summed E-state index contributed by atoms with van der Waals surface area (Å²) in [5.74, 6) is -3.81. The summed E-state index contributed by atoms with van der Waals surface area (Å²) in [6.07, 6.45) is 0. The Hall–Kier alpha value is 2.09. The lowest BCUT2D eigenvalue weighted by molar-refractivity contribution is 0.201. The number of hydrogen-bond donors (Lipinski definition) is 1. The predicted octanol–water partition coefficient (Wildman–Crippen LogP) is 9.35. The van der Waals surface area contributed by atoms with Crippen LogP contribution in [0.25, 0.3) is 0 Å². The standard InChI is InChI=1S/C21H10Cl12O3S/c1-4-2-5-6(3-7(4)37(34,35)36)9-11(19(29)15(25)13(23)17(9,27)21(19,32)33)10-8(5)16(26)12(22)14(24)18(10,28)20(16,30)31/h2-3,8-11H,1H3,(H,34,35,36)/t8-,9-,10+,11-,16+,17+,18+,19+/m1/s1. The van der Waals surface area contributed by atoms with Crippen LogP contribution in [-0.4, -0.2) is 41.1 Å². The molecule has 0 spiro atoms. The minimum absolute atomic E-state index is 0.0759. The van der Waals surface area contributed by atoms with Gasteiger partial charge in [-0.25, -0.2) is 0 Å². The van der Waals surface area contributed by atoms with E-state index in [1.165, 1.54) is 19.1 Å². The Morgan fingerprint density at radius 3 is 1.32 bits per heavy atom. The van der Waals surface area contributed by atoms with E-state index >= 15 is 0 Å². The number of alkyl halides is 8. The summed E-state index contributed by atoms with van der Waals surface area (Å²) < 4.78 is 30.5. The van der Waals surface area contributed by atoms with Gasteiger partial charge in [-0.15, -0.1) is 46.4 Å². The number of hydrogen-bond acceptors (Lipinski definition) is 2. The third kappa shape index (κ3) is 2.68. The molecule has 1 aromatic carbocycles. The molecule has 16 heteroatoms. The Labute approximate surface area is 272 Å². The number of allylic oxidation sites excluding steroid dienone is 4. The fourth-order valence-electron chi connectivity index (χ4n) is 7.32. The molecule has 5 aliphatic rings. The van der Waals surface area contributed by atoms with Crippen molar-refractivity contribution in [3.05, 3.63) is 49.0 Å². The SMILES string of the molecule is Cc1cc2c(cc1S(=O)(=O)O)[C@@H]1[C@H]([C@@H]3[C@@H]2[C@]2(Cl)C(Cl)=C(Cl)[C@]3(Cl)C2(Cl)Cl)[C@]2(Cl)C(Cl)=C(Cl)[C@]1(Cl)C2(Cl)Cl. The van der Waals surface area contributed by atoms with Crippen molar-refractivity contribution in [3.8, 4) is 0 Å². The van der Waals surface area contributed by atoms with E-state index in [-0.39, 0.29) is 36.2 Å². The van der Waals surface area contributed by atoms with Crippen LogP contribution >= 0.6 is 139 Å². The highest BCUT2D eigenvalue weighted by molar-refractivity contribution is 7.85. The van der Waals surface area contributed by atoms with Gasteiger partial charge in [0.25, 0.3) is 10.1 Å². The van der Waals surface area contributed by atoms with Crippen LogP contribution in [0.4, 0.5) is 0 Å². The monoisotopic (exact) mass is 762 g/mol. The van der Waals surface area contributed by atoms with Crippen LogP contribution < -0.4 is 0 Å². The average molecular weight is 768 g/mol. The zero-order valence-electron chi connectivity index (χ0n) is 17.7. The topological polar surface area (TPSA) is 54.4 Å². The molecule has 0 amide bonds. The lowest BCUT2D eigenvalue weighted by atomic mass is 9.57. The highest BCUT2D eigenvalue weighted by Gasteiger charge is 2.91. The third-order valence-electron chi connectivity index (χ3n) is 8.70. The van der Waals surface area contributed by atoms with E-state index in [1.54, 1.807) is 0 Å². The van der Waals surface area contributed by atoms with E-state index in [0.29, 0.717) is 5.56 Å². The summed E-state index contributed by atoms with van der Waals surface area (Å²) in [7, 11) is -4.68. The summed E-state index contributed by atoms with van der Waals surface area (Å²) in [5.41, 5.74) is 0.924. The average Bonchev–Trinajstić information content (AvgIpc) is 3.12. The first-order valence-electron chi connectivity index (χ1n) is 10.4. The van der Waals surface area contributed by atoms with Crippen LogP contribution in [0.2, 0.25) is 0 Å². The number of halogens is 12. The van der Waals surface area contributed by atoms with Gasteiger partial charge in [0.1, 0.15) is 19.5 Å². The smallest absolute Gasteiger partial charge is 0.282 e. The second-order valence-electron chi connectivity index (χ2n) is 9.98. The second-order valence-corrected chi connectivity index (χ2v) is 17.9. The Morgan fingerprint density at radius 1 is 0.649 bits per heavy atom. The molecule has 37 heavy (non-hydrogen) atoms. The quantitative estimate of drug-likeness (QED) is 0.229. The van der Waals surface area contributed by atoms with Crippen molar-refractivity contribution in [3.63, 3.8) is 0 Å². The van der Waals surface area contributed by atoms with Crippen molar-refractivity contribution in [2.24, 2.45) is 11.8 Å². The van der Waals surface area contributed by atoms with Gasteiger partial charge in [-0.1, -0.05) is 98.9 Å². The molecule has 6 rings (SSSR count). The fourth-order valence-corrected chi connectivity index (χ4v) is 14.1. The molecule has 5 aliphatic carbocycles. The first-order chi connectivity index (χ1) is 16.6. The molecule has 3 nitrogen and oxygen atoms in total. The number of fused-ring (bicyclic) bond motifs is 14. The first kappa shape index (κ1) is 29.2. The maximum atomic E-state index is 12.3. The van der Waals surface area contributed by atoms with Gasteiger partial charge in [-0.3, -0.25) is 4.55 Å². The molecule has 0 saturated heterocycles. The molecule has 8 atom stereocenters.